The number of fused-ring (bicyclic) bond motifs is 1. The number of hydrazine groups is 1. The van der Waals surface area contributed by atoms with Gasteiger partial charge in [0.1, 0.15) is 6.17 Å². The van der Waals surface area contributed by atoms with Crippen molar-refractivity contribution in [3.8, 4) is 0 Å². The minimum Gasteiger partial charge on any atom is -0.285 e. The van der Waals surface area contributed by atoms with Gasteiger partial charge in [0, 0.05) is 47.5 Å². The summed E-state index contributed by atoms with van der Waals surface area (Å²) in [6.07, 6.45) is 9.84. The van der Waals surface area contributed by atoms with Gasteiger partial charge in [0.25, 0.3) is 11.8 Å². The number of hydrogen-bond donors (Lipinski definition) is 2. The Morgan fingerprint density at radius 3 is 2.33 bits per heavy atom. The van der Waals surface area contributed by atoms with Gasteiger partial charge < -0.3 is 0 Å². The first-order chi connectivity index (χ1) is 13.2. The van der Waals surface area contributed by atoms with Crippen molar-refractivity contribution in [2.75, 3.05) is 0 Å². The second-order valence-corrected chi connectivity index (χ2v) is 6.61. The van der Waals surface area contributed by atoms with E-state index in [1.807, 2.05) is 0 Å². The summed E-state index contributed by atoms with van der Waals surface area (Å²) < 4.78 is 0. The van der Waals surface area contributed by atoms with Crippen molar-refractivity contribution in [2.45, 2.75) is 31.8 Å². The van der Waals surface area contributed by atoms with E-state index in [-0.39, 0.29) is 17.7 Å². The number of rotatable bonds is 4. The molecule has 1 aliphatic carbocycles. The topological polar surface area (TPSA) is 99.6 Å². The van der Waals surface area contributed by atoms with Gasteiger partial charge in [0.2, 0.25) is 0 Å². The lowest BCUT2D eigenvalue weighted by molar-refractivity contribution is 0.0598. The van der Waals surface area contributed by atoms with Crippen LogP contribution in [0.3, 0.4) is 0 Å². The van der Waals surface area contributed by atoms with E-state index in [0.29, 0.717) is 11.1 Å². The van der Waals surface area contributed by atoms with E-state index in [9.17, 15) is 9.59 Å². The first-order valence-corrected chi connectivity index (χ1v) is 9.01. The molecule has 138 valence electrons. The summed E-state index contributed by atoms with van der Waals surface area (Å²) in [7, 11) is 0. The third-order valence-electron chi connectivity index (χ3n) is 4.92. The molecule has 4 rings (SSSR count). The zero-order valence-electron chi connectivity index (χ0n) is 14.7. The molecule has 2 amide bonds. The van der Waals surface area contributed by atoms with Crippen LogP contribution in [0.5, 0.6) is 0 Å². The molecule has 1 fully saturated rings. The van der Waals surface area contributed by atoms with Crippen LogP contribution >= 0.6 is 0 Å². The molecule has 0 aromatic carbocycles. The third-order valence-corrected chi connectivity index (χ3v) is 4.92. The van der Waals surface area contributed by atoms with E-state index in [4.69, 9.17) is 0 Å². The minimum atomic E-state index is -0.410. The zero-order valence-corrected chi connectivity index (χ0v) is 14.7. The molecule has 8 heteroatoms. The van der Waals surface area contributed by atoms with Crippen LogP contribution in [0, 0.1) is 5.92 Å². The van der Waals surface area contributed by atoms with Crippen LogP contribution in [0.1, 0.15) is 46.4 Å². The highest BCUT2D eigenvalue weighted by Crippen LogP contribution is 2.32. The highest BCUT2D eigenvalue weighted by atomic mass is 16.2. The summed E-state index contributed by atoms with van der Waals surface area (Å²) in [5.41, 5.74) is 7.77. The lowest BCUT2D eigenvalue weighted by Gasteiger charge is -2.29. The number of carbonyl (C=O) groups is 2. The molecule has 1 aliphatic heterocycles. The number of hydrazone groups is 1. The Kier molecular flexibility index (Phi) is 4.88. The molecular formula is C19H20N6O2. The minimum absolute atomic E-state index is 0.0993. The molecule has 3 heterocycles. The predicted molar refractivity (Wildman–Crippen MR) is 98.4 cm³/mol. The quantitative estimate of drug-likeness (QED) is 0.805. The normalized spacial score (nSPS) is 21.3. The number of nitrogens with one attached hydrogen (secondary N) is 2. The first-order valence-electron chi connectivity index (χ1n) is 9.01. The van der Waals surface area contributed by atoms with Crippen molar-refractivity contribution in [3.05, 3.63) is 60.2 Å². The maximum atomic E-state index is 12.9. The fraction of sp³-hybridized carbons (Fsp3) is 0.316. The van der Waals surface area contributed by atoms with Crippen LogP contribution in [-0.2, 0) is 0 Å². The molecule has 2 atom stereocenters. The second-order valence-electron chi connectivity index (χ2n) is 6.61. The van der Waals surface area contributed by atoms with Gasteiger partial charge in [0.05, 0.1) is 0 Å². The fourth-order valence-electron chi connectivity index (χ4n) is 3.53. The number of aromatic nitrogens is 2. The molecule has 1 saturated carbocycles. The van der Waals surface area contributed by atoms with E-state index < -0.39 is 6.17 Å². The Labute approximate surface area is 156 Å². The summed E-state index contributed by atoms with van der Waals surface area (Å²) in [4.78, 5) is 33.2. The van der Waals surface area contributed by atoms with Gasteiger partial charge in [-0.25, -0.2) is 10.4 Å². The first kappa shape index (κ1) is 17.3. The lowest BCUT2D eigenvalue weighted by atomic mass is 9.86. The van der Waals surface area contributed by atoms with Crippen molar-refractivity contribution in [1.82, 2.24) is 25.8 Å². The van der Waals surface area contributed by atoms with Gasteiger partial charge >= 0.3 is 0 Å². The molecule has 2 N–H and O–H groups in total. The molecule has 2 aliphatic rings. The molecule has 0 radical (unpaired) electrons. The van der Waals surface area contributed by atoms with Crippen molar-refractivity contribution < 1.29 is 9.59 Å². The Morgan fingerprint density at radius 2 is 1.63 bits per heavy atom. The van der Waals surface area contributed by atoms with Gasteiger partial charge in [-0.1, -0.05) is 6.42 Å². The molecular weight excluding hydrogens is 344 g/mol. The SMILES string of the molecule is O=C(NNC1C2CCCCC2=NN1C(=O)c1ccncc1)c1ccncc1. The molecule has 27 heavy (non-hydrogen) atoms. The monoisotopic (exact) mass is 364 g/mol. The van der Waals surface area contributed by atoms with Crippen LogP contribution in [0.4, 0.5) is 0 Å². The number of hydrogen-bond acceptors (Lipinski definition) is 6. The standard InChI is InChI=1S/C19H20N6O2/c26-18(13-5-9-20-10-6-13)23-22-17-15-3-1-2-4-16(15)24-25(17)19(27)14-7-11-21-12-8-14/h5-12,15,17,22H,1-4H2,(H,23,26). The molecule has 2 aromatic rings. The number of pyridine rings is 2. The highest BCUT2D eigenvalue weighted by molar-refractivity contribution is 5.99. The van der Waals surface area contributed by atoms with Crippen LogP contribution in [0.2, 0.25) is 0 Å². The Morgan fingerprint density at radius 1 is 0.963 bits per heavy atom. The van der Waals surface area contributed by atoms with Crippen LogP contribution < -0.4 is 10.9 Å². The molecule has 0 saturated heterocycles. The van der Waals surface area contributed by atoms with E-state index >= 15 is 0 Å². The number of amides is 2. The Bertz CT molecular complexity index is 855. The zero-order chi connectivity index (χ0) is 18.6. The fourth-order valence-corrected chi connectivity index (χ4v) is 3.53. The maximum absolute atomic E-state index is 12.9. The van der Waals surface area contributed by atoms with Gasteiger partial charge in [-0.2, -0.15) is 5.10 Å². The largest absolute Gasteiger partial charge is 0.285 e. The van der Waals surface area contributed by atoms with Gasteiger partial charge in [-0.05, 0) is 43.5 Å². The Balaban J connectivity index is 1.52. The summed E-state index contributed by atoms with van der Waals surface area (Å²) in [5.74, 6) is -0.393. The van der Waals surface area contributed by atoms with Crippen molar-refractivity contribution in [1.29, 1.82) is 0 Å². The molecule has 8 nitrogen and oxygen atoms in total. The van der Waals surface area contributed by atoms with Gasteiger partial charge in [-0.3, -0.25) is 25.0 Å². The van der Waals surface area contributed by atoms with Crippen molar-refractivity contribution in [2.24, 2.45) is 11.0 Å². The molecule has 0 bridgehead atoms. The Hall–Kier alpha value is -3.13. The molecule has 2 aromatic heterocycles. The van der Waals surface area contributed by atoms with Crippen LogP contribution in [0.25, 0.3) is 0 Å². The van der Waals surface area contributed by atoms with E-state index in [1.165, 1.54) is 5.01 Å². The lowest BCUT2D eigenvalue weighted by Crippen LogP contribution is -2.55. The predicted octanol–water partition coefficient (Wildman–Crippen LogP) is 1.74. The summed E-state index contributed by atoms with van der Waals surface area (Å²) in [6.45, 7) is 0. The average Bonchev–Trinajstić information content (AvgIpc) is 3.11. The molecule has 0 spiro atoms. The van der Waals surface area contributed by atoms with Gasteiger partial charge in [-0.15, -0.1) is 0 Å². The highest BCUT2D eigenvalue weighted by Gasteiger charge is 2.41. The maximum Gasteiger partial charge on any atom is 0.275 e. The number of carbonyl (C=O) groups excluding carboxylic acids is 2. The number of nitrogens with zero attached hydrogens (tertiary/aromatic N) is 4. The molecule has 2 unspecified atom stereocenters. The van der Waals surface area contributed by atoms with E-state index in [0.717, 1.165) is 31.4 Å². The van der Waals surface area contributed by atoms with Crippen molar-refractivity contribution >= 4 is 17.5 Å². The van der Waals surface area contributed by atoms with E-state index in [1.54, 1.807) is 49.1 Å². The third kappa shape index (κ3) is 3.56. The van der Waals surface area contributed by atoms with E-state index in [2.05, 4.69) is 25.9 Å². The van der Waals surface area contributed by atoms with Crippen LogP contribution in [0.15, 0.2) is 54.2 Å². The smallest absolute Gasteiger partial charge is 0.275 e. The summed E-state index contributed by atoms with van der Waals surface area (Å²) >= 11 is 0. The van der Waals surface area contributed by atoms with Crippen molar-refractivity contribution in [3.63, 3.8) is 0 Å². The second kappa shape index (κ2) is 7.63. The summed E-state index contributed by atoms with van der Waals surface area (Å²) in [5, 5.41) is 6.03. The van der Waals surface area contributed by atoms with Crippen LogP contribution in [-0.4, -0.2) is 38.7 Å². The van der Waals surface area contributed by atoms with Gasteiger partial charge in [0.15, 0.2) is 0 Å². The average molecular weight is 364 g/mol. The summed E-state index contributed by atoms with van der Waals surface area (Å²) in [6, 6.07) is 6.59.